The van der Waals surface area contributed by atoms with Crippen molar-refractivity contribution in [3.63, 3.8) is 0 Å². The summed E-state index contributed by atoms with van der Waals surface area (Å²) in [5, 5.41) is 34.6. The number of rotatable bonds is 23. The fourth-order valence-electron chi connectivity index (χ4n) is 6.89. The molecule has 332 valence electrons. The normalized spacial score (nSPS) is 12.3. The quantitative estimate of drug-likeness (QED) is 0.0258. The number of nitrogens with one attached hydrogen (secondary N) is 6. The first-order valence-corrected chi connectivity index (χ1v) is 20.8. The minimum absolute atomic E-state index is 0.00894. The lowest BCUT2D eigenvalue weighted by molar-refractivity contribution is -0.134. The number of hydrogen-bond donors (Lipinski definition) is 11. The molecule has 5 rings (SSSR count). The van der Waals surface area contributed by atoms with Crippen molar-refractivity contribution in [3.05, 3.63) is 120 Å². The minimum Gasteiger partial charge on any atom is -0.508 e. The molecule has 63 heavy (non-hydrogen) atoms. The van der Waals surface area contributed by atoms with Crippen LogP contribution in [-0.2, 0) is 43.4 Å². The molecular weight excluding hydrogens is 805 g/mol. The van der Waals surface area contributed by atoms with E-state index in [4.69, 9.17) is 17.2 Å². The molecule has 0 fully saturated rings. The second kappa shape index (κ2) is 23.6. The average molecular weight is 861 g/mol. The largest absolute Gasteiger partial charge is 0.508 e. The van der Waals surface area contributed by atoms with Crippen molar-refractivity contribution in [3.8, 4) is 22.6 Å². The third-order valence-corrected chi connectivity index (χ3v) is 10.3. The maximum atomic E-state index is 14.4. The summed E-state index contributed by atoms with van der Waals surface area (Å²) in [6.45, 7) is 0.157. The Kier molecular flexibility index (Phi) is 17.4. The van der Waals surface area contributed by atoms with Crippen LogP contribution < -0.4 is 43.8 Å². The van der Waals surface area contributed by atoms with Crippen molar-refractivity contribution < 1.29 is 34.2 Å². The van der Waals surface area contributed by atoms with Crippen LogP contribution in [0.4, 0.5) is 0 Å². The van der Waals surface area contributed by atoms with Crippen LogP contribution in [-0.4, -0.2) is 88.5 Å². The molecule has 1 aromatic heterocycles. The van der Waals surface area contributed by atoms with Crippen molar-refractivity contribution in [1.82, 2.24) is 31.6 Å². The van der Waals surface area contributed by atoms with Crippen LogP contribution in [0.25, 0.3) is 22.0 Å². The Hall–Kier alpha value is -7.40. The molecule has 0 radical (unpaired) electrons. The van der Waals surface area contributed by atoms with Crippen molar-refractivity contribution in [1.29, 1.82) is 0 Å². The number of guanidine groups is 1. The monoisotopic (exact) mass is 860 g/mol. The Morgan fingerprint density at radius 2 is 1.35 bits per heavy atom. The van der Waals surface area contributed by atoms with E-state index in [9.17, 15) is 34.2 Å². The van der Waals surface area contributed by atoms with Gasteiger partial charge in [0.25, 0.3) is 0 Å². The number of fused-ring (bicyclic) bond motifs is 1. The van der Waals surface area contributed by atoms with Crippen LogP contribution in [0.5, 0.6) is 11.5 Å². The molecule has 4 aromatic carbocycles. The maximum absolute atomic E-state index is 14.4. The highest BCUT2D eigenvalue weighted by atomic mass is 16.3. The summed E-state index contributed by atoms with van der Waals surface area (Å²) in [5.74, 6) is -2.99. The number of aliphatic imine (C=N–C) groups is 1. The number of benzene rings is 4. The van der Waals surface area contributed by atoms with Gasteiger partial charge < -0.3 is 59.0 Å². The van der Waals surface area contributed by atoms with Gasteiger partial charge in [0.05, 0.1) is 6.54 Å². The van der Waals surface area contributed by atoms with Gasteiger partial charge in [0.2, 0.25) is 29.5 Å². The zero-order chi connectivity index (χ0) is 45.1. The summed E-state index contributed by atoms with van der Waals surface area (Å²) < 4.78 is 0. The number of carbonyl (C=O) groups is 5. The molecule has 0 saturated carbocycles. The topological polar surface area (TPSA) is 292 Å². The Morgan fingerprint density at radius 3 is 2.06 bits per heavy atom. The molecule has 3 atom stereocenters. The standard InChI is InChI=1S/C46H56N10O7/c47-21-8-14-41(59)54-39(24-33-27-51-36-20-19-34(57)25-35(33)36)45(63)56-38(23-29-15-17-31(18-16-29)30-9-2-1-3-10-30)44(62)55-37(12-6-7-22-50-46(48)49)43(61)53-28-42(60)52-26-32-11-4-5-13-40(32)58/h1-5,9-11,13,15-20,25,27,37-39,51,57-58H,6-8,12,14,21-24,26,28,47H2,(H,52,60)(H,53,61)(H,54,59)(H,55,62)(H,56,63)(H4,48,49,50)/t37-,38-,39-/m0/s1. The van der Waals surface area contributed by atoms with E-state index < -0.39 is 54.2 Å². The number of phenols is 2. The van der Waals surface area contributed by atoms with Crippen LogP contribution in [0, 0.1) is 0 Å². The van der Waals surface area contributed by atoms with Gasteiger partial charge in [-0.25, -0.2) is 0 Å². The minimum atomic E-state index is -1.24. The van der Waals surface area contributed by atoms with Gasteiger partial charge in [-0.1, -0.05) is 72.8 Å². The van der Waals surface area contributed by atoms with Gasteiger partial charge in [-0.05, 0) is 78.7 Å². The highest BCUT2D eigenvalue weighted by molar-refractivity contribution is 5.96. The van der Waals surface area contributed by atoms with Gasteiger partial charge in [-0.3, -0.25) is 29.0 Å². The van der Waals surface area contributed by atoms with Gasteiger partial charge in [-0.15, -0.1) is 0 Å². The summed E-state index contributed by atoms with van der Waals surface area (Å²) in [6.07, 6.45) is 3.19. The number of nitrogens with zero attached hydrogens (tertiary/aromatic N) is 1. The van der Waals surface area contributed by atoms with Crippen molar-refractivity contribution >= 4 is 46.4 Å². The van der Waals surface area contributed by atoms with Crippen molar-refractivity contribution in [2.45, 2.75) is 69.6 Å². The number of nitrogens with two attached hydrogens (primary N) is 3. The smallest absolute Gasteiger partial charge is 0.243 e. The molecule has 0 spiro atoms. The van der Waals surface area contributed by atoms with Gasteiger partial charge in [0.1, 0.15) is 29.6 Å². The molecule has 17 heteroatoms. The summed E-state index contributed by atoms with van der Waals surface area (Å²) in [4.78, 5) is 75.4. The number of H-pyrrole nitrogens is 1. The van der Waals surface area contributed by atoms with E-state index in [0.717, 1.165) is 11.1 Å². The van der Waals surface area contributed by atoms with E-state index in [-0.39, 0.29) is 62.8 Å². The number of aromatic nitrogens is 1. The first kappa shape index (κ1) is 46.7. The molecule has 0 aliphatic carbocycles. The van der Waals surface area contributed by atoms with Crippen LogP contribution in [0.15, 0.2) is 108 Å². The van der Waals surface area contributed by atoms with E-state index in [1.165, 1.54) is 12.1 Å². The van der Waals surface area contributed by atoms with Gasteiger partial charge in [-0.2, -0.15) is 0 Å². The van der Waals surface area contributed by atoms with Crippen LogP contribution in [0.1, 0.15) is 48.8 Å². The second-order valence-electron chi connectivity index (χ2n) is 15.1. The Bertz CT molecular complexity index is 2350. The highest BCUT2D eigenvalue weighted by Crippen LogP contribution is 2.25. The molecule has 5 amide bonds. The predicted octanol–water partition coefficient (Wildman–Crippen LogP) is 2.10. The van der Waals surface area contributed by atoms with Crippen molar-refractivity contribution in [2.24, 2.45) is 22.2 Å². The Balaban J connectivity index is 1.38. The number of unbranched alkanes of at least 4 members (excludes halogenated alkanes) is 1. The predicted molar refractivity (Wildman–Crippen MR) is 241 cm³/mol. The first-order valence-electron chi connectivity index (χ1n) is 20.8. The molecule has 0 aliphatic rings. The molecule has 1 heterocycles. The first-order chi connectivity index (χ1) is 30.4. The zero-order valence-electron chi connectivity index (χ0n) is 34.9. The summed E-state index contributed by atoms with van der Waals surface area (Å²) in [6, 6.07) is 25.0. The number of hydrogen-bond acceptors (Lipinski definition) is 9. The van der Waals surface area contributed by atoms with Gasteiger partial charge in [0.15, 0.2) is 5.96 Å². The third-order valence-electron chi connectivity index (χ3n) is 10.3. The fourth-order valence-corrected chi connectivity index (χ4v) is 6.89. The van der Waals surface area contributed by atoms with Gasteiger partial charge >= 0.3 is 0 Å². The molecular formula is C46H56N10O7. The van der Waals surface area contributed by atoms with Crippen LogP contribution in [0.3, 0.4) is 0 Å². The number of carbonyl (C=O) groups excluding carboxylic acids is 5. The molecule has 0 unspecified atom stereocenters. The molecule has 5 aromatic rings. The van der Waals surface area contributed by atoms with Crippen molar-refractivity contribution in [2.75, 3.05) is 19.6 Å². The highest BCUT2D eigenvalue weighted by Gasteiger charge is 2.31. The lowest BCUT2D eigenvalue weighted by Gasteiger charge is -2.26. The molecule has 0 bridgehead atoms. The number of aromatic hydroxyl groups is 2. The molecule has 0 saturated heterocycles. The fraction of sp³-hybridized carbons (Fsp3) is 0.304. The van der Waals surface area contributed by atoms with E-state index >= 15 is 0 Å². The molecule has 17 nitrogen and oxygen atoms in total. The number of para-hydroxylation sites is 1. The van der Waals surface area contributed by atoms with E-state index in [0.29, 0.717) is 46.9 Å². The summed E-state index contributed by atoms with van der Waals surface area (Å²) in [5.41, 5.74) is 21.1. The van der Waals surface area contributed by atoms with Gasteiger partial charge in [0, 0.05) is 55.0 Å². The third kappa shape index (κ3) is 14.6. The lowest BCUT2D eigenvalue weighted by atomic mass is 9.99. The molecule has 14 N–H and O–H groups in total. The summed E-state index contributed by atoms with van der Waals surface area (Å²) in [7, 11) is 0. The zero-order valence-corrected chi connectivity index (χ0v) is 34.9. The Labute approximate surface area is 365 Å². The number of aromatic amines is 1. The Morgan fingerprint density at radius 1 is 0.667 bits per heavy atom. The second-order valence-corrected chi connectivity index (χ2v) is 15.1. The number of amides is 5. The average Bonchev–Trinajstić information content (AvgIpc) is 3.67. The van der Waals surface area contributed by atoms with E-state index in [1.54, 1.807) is 36.5 Å². The van der Waals surface area contributed by atoms with E-state index in [2.05, 4.69) is 36.6 Å². The molecule has 0 aliphatic heterocycles. The number of phenolic OH excluding ortho intramolecular Hbond substituents is 2. The lowest BCUT2D eigenvalue weighted by Crippen LogP contribution is -2.58. The summed E-state index contributed by atoms with van der Waals surface area (Å²) >= 11 is 0. The SMILES string of the molecule is NCCCC(=O)N[C@@H](Cc1c[nH]c2ccc(O)cc12)C(=O)N[C@@H](Cc1ccc(-c2ccccc2)cc1)C(=O)N[C@@H](CCCCN=C(N)N)C(=O)NCC(=O)NCc1ccccc1O. The van der Waals surface area contributed by atoms with E-state index in [1.807, 2.05) is 54.6 Å². The van der Waals surface area contributed by atoms with Crippen LogP contribution >= 0.6 is 0 Å². The maximum Gasteiger partial charge on any atom is 0.243 e. The van der Waals surface area contributed by atoms with Crippen LogP contribution in [0.2, 0.25) is 0 Å².